The van der Waals surface area contributed by atoms with E-state index < -0.39 is 46.2 Å². The predicted molar refractivity (Wildman–Crippen MR) is 109 cm³/mol. The van der Waals surface area contributed by atoms with Crippen LogP contribution in [-0.4, -0.2) is 84.7 Å². The molecule has 4 aliphatic rings. The second-order valence-corrected chi connectivity index (χ2v) is 11.3. The third-order valence-corrected chi connectivity index (χ3v) is 9.21. The Morgan fingerprint density at radius 1 is 0.970 bits per heavy atom. The molecular formula is C20H28F3N5O4S. The molecule has 184 valence electrons. The molecule has 4 rings (SSSR count). The molecular weight excluding hydrogens is 463 g/mol. The lowest BCUT2D eigenvalue weighted by Gasteiger charge is -2.41. The van der Waals surface area contributed by atoms with Gasteiger partial charge >= 0.3 is 6.18 Å². The Morgan fingerprint density at radius 2 is 1.67 bits per heavy atom. The molecule has 1 saturated carbocycles. The summed E-state index contributed by atoms with van der Waals surface area (Å²) < 4.78 is 67.1. The van der Waals surface area contributed by atoms with Gasteiger partial charge in [0.1, 0.15) is 6.04 Å². The zero-order chi connectivity index (χ0) is 24.0. The zero-order valence-electron chi connectivity index (χ0n) is 18.1. The van der Waals surface area contributed by atoms with Crippen molar-refractivity contribution in [3.8, 4) is 6.07 Å². The third-order valence-electron chi connectivity index (χ3n) is 7.28. The average Bonchev–Trinajstić information content (AvgIpc) is 3.18. The Bertz CT molecular complexity index is 931. The van der Waals surface area contributed by atoms with Gasteiger partial charge in [-0.25, -0.2) is 0 Å². The Labute approximate surface area is 191 Å². The molecule has 33 heavy (non-hydrogen) atoms. The Hall–Kier alpha value is -1.91. The highest BCUT2D eigenvalue weighted by Gasteiger charge is 2.51. The average molecular weight is 492 g/mol. The molecule has 0 aromatic carbocycles. The standard InChI is InChI=1S/C20H28F3N5O4S/c21-20(22,23)15-5-6-16(15)25-18(29)17-4-2-8-28(17)19(30)14-3-1-7-26(12-14)33(31,32)27-10-13(9-24)11-27/h13-17H,1-8,10-12H2,(H,25,29)/t14-,15+,16-,17+/m0/s1. The molecule has 0 aromatic rings. The summed E-state index contributed by atoms with van der Waals surface area (Å²) in [6.45, 7) is 0.886. The minimum absolute atomic E-state index is 0.00149. The fraction of sp³-hybridized carbons (Fsp3) is 0.850. The van der Waals surface area contributed by atoms with Crippen LogP contribution >= 0.6 is 0 Å². The highest BCUT2D eigenvalue weighted by molar-refractivity contribution is 7.86. The number of likely N-dealkylation sites (tertiary alicyclic amines) is 1. The molecule has 1 aliphatic carbocycles. The first-order chi connectivity index (χ1) is 15.5. The second-order valence-electron chi connectivity index (χ2n) is 9.38. The zero-order valence-corrected chi connectivity index (χ0v) is 18.9. The van der Waals surface area contributed by atoms with E-state index in [2.05, 4.69) is 5.32 Å². The van der Waals surface area contributed by atoms with E-state index in [0.29, 0.717) is 32.2 Å². The fourth-order valence-corrected chi connectivity index (χ4v) is 6.90. The first-order valence-electron chi connectivity index (χ1n) is 11.3. The molecule has 0 bridgehead atoms. The number of carbonyl (C=O) groups excluding carboxylic acids is 2. The molecule has 3 heterocycles. The van der Waals surface area contributed by atoms with Crippen LogP contribution in [0.25, 0.3) is 0 Å². The van der Waals surface area contributed by atoms with Gasteiger partial charge in [0.25, 0.3) is 10.2 Å². The van der Waals surface area contributed by atoms with Crippen LogP contribution in [0, 0.1) is 29.1 Å². The molecule has 0 spiro atoms. The minimum atomic E-state index is -4.36. The maximum atomic E-state index is 13.2. The molecule has 0 aromatic heterocycles. The maximum Gasteiger partial charge on any atom is 0.393 e. The van der Waals surface area contributed by atoms with Crippen LogP contribution in [0.4, 0.5) is 13.2 Å². The number of amides is 2. The number of rotatable bonds is 5. The fourth-order valence-electron chi connectivity index (χ4n) is 5.11. The van der Waals surface area contributed by atoms with Gasteiger partial charge in [-0.3, -0.25) is 9.59 Å². The number of nitrogens with zero attached hydrogens (tertiary/aromatic N) is 4. The van der Waals surface area contributed by atoms with Crippen molar-refractivity contribution in [1.82, 2.24) is 18.8 Å². The van der Waals surface area contributed by atoms with Gasteiger partial charge in [-0.1, -0.05) is 0 Å². The van der Waals surface area contributed by atoms with Crippen LogP contribution < -0.4 is 5.32 Å². The van der Waals surface area contributed by atoms with Gasteiger partial charge in [0.05, 0.1) is 23.8 Å². The topological polar surface area (TPSA) is 114 Å². The summed E-state index contributed by atoms with van der Waals surface area (Å²) in [5.41, 5.74) is 0. The van der Waals surface area contributed by atoms with Crippen molar-refractivity contribution >= 4 is 22.0 Å². The molecule has 13 heteroatoms. The van der Waals surface area contributed by atoms with E-state index in [1.165, 1.54) is 13.5 Å². The summed E-state index contributed by atoms with van der Waals surface area (Å²) in [7, 11) is -3.76. The summed E-state index contributed by atoms with van der Waals surface area (Å²) in [6, 6.07) is 0.246. The van der Waals surface area contributed by atoms with E-state index in [-0.39, 0.29) is 50.8 Å². The molecule has 0 radical (unpaired) electrons. The number of alkyl halides is 3. The number of nitriles is 1. The highest BCUT2D eigenvalue weighted by atomic mass is 32.2. The Balaban J connectivity index is 1.37. The van der Waals surface area contributed by atoms with Crippen LogP contribution in [0.3, 0.4) is 0 Å². The molecule has 3 aliphatic heterocycles. The van der Waals surface area contributed by atoms with E-state index in [4.69, 9.17) is 5.26 Å². The van der Waals surface area contributed by atoms with Crippen molar-refractivity contribution in [1.29, 1.82) is 5.26 Å². The van der Waals surface area contributed by atoms with E-state index in [0.717, 1.165) is 0 Å². The van der Waals surface area contributed by atoms with Gasteiger partial charge in [0, 0.05) is 38.8 Å². The summed E-state index contributed by atoms with van der Waals surface area (Å²) in [6.07, 6.45) is -2.20. The van der Waals surface area contributed by atoms with E-state index in [9.17, 15) is 31.2 Å². The summed E-state index contributed by atoms with van der Waals surface area (Å²) in [4.78, 5) is 27.4. The lowest BCUT2D eigenvalue weighted by molar-refractivity contribution is -0.203. The third kappa shape index (κ3) is 4.70. The van der Waals surface area contributed by atoms with Crippen molar-refractivity contribution < 1.29 is 31.2 Å². The summed E-state index contributed by atoms with van der Waals surface area (Å²) >= 11 is 0. The molecule has 1 N–H and O–H groups in total. The lowest BCUT2D eigenvalue weighted by Crippen LogP contribution is -2.59. The predicted octanol–water partition coefficient (Wildman–Crippen LogP) is 0.847. The largest absolute Gasteiger partial charge is 0.393 e. The van der Waals surface area contributed by atoms with E-state index >= 15 is 0 Å². The Kier molecular flexibility index (Phi) is 6.63. The van der Waals surface area contributed by atoms with Gasteiger partial charge in [-0.15, -0.1) is 0 Å². The van der Waals surface area contributed by atoms with Gasteiger partial charge < -0.3 is 10.2 Å². The Morgan fingerprint density at radius 3 is 2.27 bits per heavy atom. The van der Waals surface area contributed by atoms with E-state index in [1.54, 1.807) is 0 Å². The van der Waals surface area contributed by atoms with Crippen molar-refractivity contribution in [2.75, 3.05) is 32.7 Å². The maximum absolute atomic E-state index is 13.2. The molecule has 2 amide bonds. The highest BCUT2D eigenvalue weighted by Crippen LogP contribution is 2.41. The first-order valence-corrected chi connectivity index (χ1v) is 12.7. The normalized spacial score (nSPS) is 32.0. The molecule has 4 fully saturated rings. The van der Waals surface area contributed by atoms with Crippen LogP contribution in [0.2, 0.25) is 0 Å². The van der Waals surface area contributed by atoms with Gasteiger partial charge in [0.15, 0.2) is 0 Å². The van der Waals surface area contributed by atoms with Crippen molar-refractivity contribution in [2.45, 2.75) is 56.8 Å². The van der Waals surface area contributed by atoms with Crippen molar-refractivity contribution in [2.24, 2.45) is 17.8 Å². The molecule has 9 nitrogen and oxygen atoms in total. The van der Waals surface area contributed by atoms with Crippen LogP contribution in [0.1, 0.15) is 38.5 Å². The SMILES string of the molecule is N#CC1CN(S(=O)(=O)N2CCC[C@H](C(=O)N3CCC[C@@H]3C(=O)N[C@H]3CC[C@H]3C(F)(F)F)C2)C1. The first kappa shape index (κ1) is 24.2. The monoisotopic (exact) mass is 491 g/mol. The van der Waals surface area contributed by atoms with Gasteiger partial charge in [-0.05, 0) is 38.5 Å². The van der Waals surface area contributed by atoms with Gasteiger partial charge in [-0.2, -0.15) is 35.5 Å². The van der Waals surface area contributed by atoms with Crippen LogP contribution in [-0.2, 0) is 19.8 Å². The second kappa shape index (κ2) is 9.03. The quantitative estimate of drug-likeness (QED) is 0.613. The molecule has 3 saturated heterocycles. The van der Waals surface area contributed by atoms with Crippen molar-refractivity contribution in [3.63, 3.8) is 0 Å². The van der Waals surface area contributed by atoms with Gasteiger partial charge in [0.2, 0.25) is 11.8 Å². The van der Waals surface area contributed by atoms with E-state index in [1.807, 2.05) is 6.07 Å². The molecule has 4 atom stereocenters. The number of halogens is 3. The number of carbonyl (C=O) groups is 2. The number of hydrogen-bond acceptors (Lipinski definition) is 5. The summed E-state index contributed by atoms with van der Waals surface area (Å²) in [5.74, 6) is -3.37. The minimum Gasteiger partial charge on any atom is -0.351 e. The molecule has 0 unspecified atom stereocenters. The number of piperidine rings is 1. The lowest BCUT2D eigenvalue weighted by atomic mass is 9.79. The summed E-state index contributed by atoms with van der Waals surface area (Å²) in [5, 5.41) is 11.4. The van der Waals surface area contributed by atoms with Crippen LogP contribution in [0.5, 0.6) is 0 Å². The van der Waals surface area contributed by atoms with Crippen molar-refractivity contribution in [3.05, 3.63) is 0 Å². The number of nitrogens with one attached hydrogen (secondary N) is 1. The smallest absolute Gasteiger partial charge is 0.351 e. The number of hydrogen-bond donors (Lipinski definition) is 1. The van der Waals surface area contributed by atoms with Crippen LogP contribution in [0.15, 0.2) is 0 Å².